The summed E-state index contributed by atoms with van der Waals surface area (Å²) in [5.74, 6) is -0.0736. The van der Waals surface area contributed by atoms with E-state index in [-0.39, 0.29) is 5.56 Å². The molecular weight excluding hydrogens is 330 g/mol. The number of carboxylic acid groups (broad SMARTS) is 1. The smallest absolute Gasteiger partial charge is 0.341 e. The van der Waals surface area contributed by atoms with Crippen LogP contribution in [0.2, 0.25) is 0 Å². The lowest BCUT2D eigenvalue weighted by Crippen LogP contribution is -2.23. The molecule has 6 heteroatoms. The average Bonchev–Trinajstić information content (AvgIpc) is 3.47. The number of rotatable bonds is 4. The summed E-state index contributed by atoms with van der Waals surface area (Å²) in [6, 6.07) is 7.30. The fraction of sp³-hybridized carbons (Fsp3) is 0.250. The van der Waals surface area contributed by atoms with E-state index in [1.165, 1.54) is 4.40 Å². The van der Waals surface area contributed by atoms with Crippen LogP contribution in [0, 0.1) is 6.92 Å². The van der Waals surface area contributed by atoms with Crippen molar-refractivity contribution in [3.8, 4) is 11.1 Å². The van der Waals surface area contributed by atoms with E-state index in [4.69, 9.17) is 0 Å². The molecule has 132 valence electrons. The Bertz CT molecular complexity index is 1080. The maximum atomic E-state index is 12.6. The number of anilines is 1. The van der Waals surface area contributed by atoms with E-state index >= 15 is 0 Å². The Morgan fingerprint density at radius 1 is 1.31 bits per heavy atom. The molecule has 3 heterocycles. The third kappa shape index (κ3) is 2.54. The first-order valence-corrected chi connectivity index (χ1v) is 8.57. The van der Waals surface area contributed by atoms with Crippen LogP contribution in [0.3, 0.4) is 0 Å². The summed E-state index contributed by atoms with van der Waals surface area (Å²) in [6.07, 6.45) is 5.51. The maximum Gasteiger partial charge on any atom is 0.341 e. The lowest BCUT2D eigenvalue weighted by Gasteiger charge is -2.15. The largest absolute Gasteiger partial charge is 0.477 e. The molecule has 0 bridgehead atoms. The van der Waals surface area contributed by atoms with E-state index in [1.807, 2.05) is 32.2 Å². The number of hydrogen-bond donors (Lipinski definition) is 2. The number of aromatic nitrogens is 2. The highest BCUT2D eigenvalue weighted by Crippen LogP contribution is 2.43. The Morgan fingerprint density at radius 2 is 2.08 bits per heavy atom. The molecule has 4 rings (SSSR count). The van der Waals surface area contributed by atoms with Crippen LogP contribution >= 0.6 is 0 Å². The molecule has 1 fully saturated rings. The van der Waals surface area contributed by atoms with Gasteiger partial charge in [-0.2, -0.15) is 0 Å². The number of nitrogens with one attached hydrogen (secondary N) is 1. The predicted octanol–water partition coefficient (Wildman–Crippen LogP) is 3.29. The molecule has 0 aromatic carbocycles. The Balaban J connectivity index is 1.99. The Hall–Kier alpha value is -3.15. The number of carbonyl (C=O) groups is 1. The number of aryl methyl sites for hydroxylation is 1. The fourth-order valence-corrected chi connectivity index (χ4v) is 3.47. The van der Waals surface area contributed by atoms with Crippen molar-refractivity contribution in [1.82, 2.24) is 9.38 Å². The third-order valence-corrected chi connectivity index (χ3v) is 4.99. The summed E-state index contributed by atoms with van der Waals surface area (Å²) in [6.45, 7) is 1.97. The topological polar surface area (TPSA) is 83.7 Å². The molecule has 0 amide bonds. The van der Waals surface area contributed by atoms with Gasteiger partial charge in [0.05, 0.1) is 5.52 Å². The van der Waals surface area contributed by atoms with E-state index in [2.05, 4.69) is 10.3 Å². The van der Waals surface area contributed by atoms with Gasteiger partial charge in [-0.05, 0) is 66.6 Å². The van der Waals surface area contributed by atoms with Crippen LogP contribution in [0.1, 0.15) is 40.2 Å². The Labute approximate surface area is 150 Å². The molecular formula is C20H19N3O3. The minimum atomic E-state index is -1.18. The van der Waals surface area contributed by atoms with Crippen molar-refractivity contribution < 1.29 is 9.90 Å². The summed E-state index contributed by atoms with van der Waals surface area (Å²) >= 11 is 0. The van der Waals surface area contributed by atoms with Crippen molar-refractivity contribution in [2.75, 3.05) is 12.4 Å². The second kappa shape index (κ2) is 5.98. The van der Waals surface area contributed by atoms with E-state index in [0.717, 1.165) is 46.4 Å². The number of carboxylic acids is 1. The average molecular weight is 349 g/mol. The van der Waals surface area contributed by atoms with E-state index < -0.39 is 11.5 Å². The molecule has 3 aromatic heterocycles. The summed E-state index contributed by atoms with van der Waals surface area (Å²) in [4.78, 5) is 28.4. The van der Waals surface area contributed by atoms with Gasteiger partial charge in [0.2, 0.25) is 0 Å². The van der Waals surface area contributed by atoms with E-state index in [9.17, 15) is 14.7 Å². The lowest BCUT2D eigenvalue weighted by atomic mass is 9.97. The number of pyridine rings is 3. The highest BCUT2D eigenvalue weighted by Gasteiger charge is 2.29. The van der Waals surface area contributed by atoms with E-state index in [1.54, 1.807) is 18.5 Å². The number of fused-ring (bicyclic) bond motifs is 1. The van der Waals surface area contributed by atoms with Gasteiger partial charge in [0, 0.05) is 25.0 Å². The lowest BCUT2D eigenvalue weighted by molar-refractivity contribution is 0.0694. The van der Waals surface area contributed by atoms with Gasteiger partial charge in [0.25, 0.3) is 5.56 Å². The zero-order chi connectivity index (χ0) is 18.4. The normalized spacial score (nSPS) is 13.8. The van der Waals surface area contributed by atoms with Crippen molar-refractivity contribution in [3.63, 3.8) is 0 Å². The summed E-state index contributed by atoms with van der Waals surface area (Å²) in [5.41, 5.74) is 4.01. The zero-order valence-electron chi connectivity index (χ0n) is 14.6. The summed E-state index contributed by atoms with van der Waals surface area (Å²) in [5, 5.41) is 12.4. The van der Waals surface area contributed by atoms with Gasteiger partial charge in [-0.1, -0.05) is 0 Å². The van der Waals surface area contributed by atoms with Crippen LogP contribution in [0.4, 0.5) is 5.82 Å². The van der Waals surface area contributed by atoms with Gasteiger partial charge in [0.15, 0.2) is 0 Å². The second-order valence-electron chi connectivity index (χ2n) is 6.65. The molecule has 3 aromatic rings. The van der Waals surface area contributed by atoms with Gasteiger partial charge in [-0.15, -0.1) is 0 Å². The molecule has 0 aliphatic heterocycles. The molecule has 1 saturated carbocycles. The minimum absolute atomic E-state index is 0.170. The van der Waals surface area contributed by atoms with Crippen molar-refractivity contribution in [2.24, 2.45) is 0 Å². The van der Waals surface area contributed by atoms with Gasteiger partial charge < -0.3 is 10.4 Å². The highest BCUT2D eigenvalue weighted by molar-refractivity contribution is 5.89. The van der Waals surface area contributed by atoms with Crippen molar-refractivity contribution in [2.45, 2.75) is 25.7 Å². The third-order valence-electron chi connectivity index (χ3n) is 4.99. The van der Waals surface area contributed by atoms with Crippen LogP contribution in [0.5, 0.6) is 0 Å². The van der Waals surface area contributed by atoms with Crippen LogP contribution < -0.4 is 10.9 Å². The number of nitrogens with zero attached hydrogens (tertiary/aromatic N) is 2. The first-order valence-electron chi connectivity index (χ1n) is 8.57. The molecule has 26 heavy (non-hydrogen) atoms. The van der Waals surface area contributed by atoms with Crippen LogP contribution in [0.25, 0.3) is 16.6 Å². The van der Waals surface area contributed by atoms with Crippen molar-refractivity contribution in [3.05, 3.63) is 63.7 Å². The Morgan fingerprint density at radius 3 is 2.65 bits per heavy atom. The van der Waals surface area contributed by atoms with Crippen molar-refractivity contribution >= 4 is 17.3 Å². The first kappa shape index (κ1) is 16.3. The van der Waals surface area contributed by atoms with E-state index in [0.29, 0.717) is 5.92 Å². The zero-order valence-corrected chi connectivity index (χ0v) is 14.6. The molecule has 0 radical (unpaired) electrons. The Kier molecular flexibility index (Phi) is 3.76. The molecule has 2 N–H and O–H groups in total. The van der Waals surface area contributed by atoms with Gasteiger partial charge in [0.1, 0.15) is 11.4 Å². The minimum Gasteiger partial charge on any atom is -0.477 e. The SMILES string of the molecule is CNc1ccc(-c2ccn3c(=O)c(C(=O)O)cc(C4CC4)c3c2C)cn1. The summed E-state index contributed by atoms with van der Waals surface area (Å²) < 4.78 is 1.48. The molecule has 1 aliphatic carbocycles. The van der Waals surface area contributed by atoms with Crippen molar-refractivity contribution in [1.29, 1.82) is 0 Å². The predicted molar refractivity (Wildman–Crippen MR) is 100 cm³/mol. The summed E-state index contributed by atoms with van der Waals surface area (Å²) in [7, 11) is 1.82. The van der Waals surface area contributed by atoms with Crippen LogP contribution in [0.15, 0.2) is 41.5 Å². The molecule has 6 nitrogen and oxygen atoms in total. The quantitative estimate of drug-likeness (QED) is 0.755. The maximum absolute atomic E-state index is 12.6. The molecule has 1 aliphatic rings. The van der Waals surface area contributed by atoms with Gasteiger partial charge >= 0.3 is 5.97 Å². The molecule has 0 spiro atoms. The molecule has 0 atom stereocenters. The molecule has 0 saturated heterocycles. The van der Waals surface area contributed by atoms with Gasteiger partial charge in [-0.3, -0.25) is 9.20 Å². The number of aromatic carboxylic acids is 1. The van der Waals surface area contributed by atoms with Crippen LogP contribution in [-0.2, 0) is 0 Å². The van der Waals surface area contributed by atoms with Gasteiger partial charge in [-0.25, -0.2) is 9.78 Å². The van der Waals surface area contributed by atoms with Crippen LogP contribution in [-0.4, -0.2) is 27.5 Å². The number of hydrogen-bond acceptors (Lipinski definition) is 4. The first-order chi connectivity index (χ1) is 12.5. The highest BCUT2D eigenvalue weighted by atomic mass is 16.4. The standard InChI is InChI=1S/C20H19N3O3/c1-11-14(13-5-6-17(21-2)22-10-13)7-8-23-18(11)15(12-3-4-12)9-16(19(23)24)20(25)26/h5-10,12H,3-4H2,1-2H3,(H,21,22)(H,25,26). The molecule has 0 unspecified atom stereocenters. The monoisotopic (exact) mass is 349 g/mol. The second-order valence-corrected chi connectivity index (χ2v) is 6.65. The fourth-order valence-electron chi connectivity index (χ4n) is 3.47.